The SMILES string of the molecule is Cc1csc(C(O)(CC(=O)NCC2(c3ccc(F)cc3)CC2)C(F)(F)F)n1. The summed E-state index contributed by atoms with van der Waals surface area (Å²) in [7, 11) is 0. The van der Waals surface area contributed by atoms with Gasteiger partial charge in [-0.05, 0) is 37.5 Å². The maximum absolute atomic E-state index is 13.5. The normalized spacial score (nSPS) is 18.0. The van der Waals surface area contributed by atoms with Crippen molar-refractivity contribution in [2.45, 2.75) is 43.4 Å². The molecule has 9 heteroatoms. The van der Waals surface area contributed by atoms with Crippen LogP contribution in [0.25, 0.3) is 0 Å². The molecule has 2 N–H and O–H groups in total. The van der Waals surface area contributed by atoms with E-state index in [9.17, 15) is 27.5 Å². The summed E-state index contributed by atoms with van der Waals surface area (Å²) < 4.78 is 53.4. The van der Waals surface area contributed by atoms with Crippen LogP contribution in [0.2, 0.25) is 0 Å². The predicted octanol–water partition coefficient (Wildman–Crippen LogP) is 3.58. The molecule has 1 aliphatic carbocycles. The molecule has 1 heterocycles. The van der Waals surface area contributed by atoms with Gasteiger partial charge < -0.3 is 10.4 Å². The van der Waals surface area contributed by atoms with Gasteiger partial charge in [-0.15, -0.1) is 11.3 Å². The van der Waals surface area contributed by atoms with Gasteiger partial charge in [0.1, 0.15) is 10.8 Å². The van der Waals surface area contributed by atoms with Gasteiger partial charge in [0, 0.05) is 23.0 Å². The quantitative estimate of drug-likeness (QED) is 0.726. The Morgan fingerprint density at radius 2 is 1.93 bits per heavy atom. The van der Waals surface area contributed by atoms with Crippen LogP contribution in [0.4, 0.5) is 17.6 Å². The Hall–Kier alpha value is -2.00. The molecular formula is C18H18F4N2O2S. The van der Waals surface area contributed by atoms with Crippen molar-refractivity contribution in [2.75, 3.05) is 6.54 Å². The molecule has 1 unspecified atom stereocenters. The zero-order valence-corrected chi connectivity index (χ0v) is 15.3. The molecule has 1 amide bonds. The number of hydrogen-bond donors (Lipinski definition) is 2. The second-order valence-corrected chi connectivity index (χ2v) is 7.75. The first-order chi connectivity index (χ1) is 12.6. The molecule has 1 aliphatic rings. The van der Waals surface area contributed by atoms with Crippen molar-refractivity contribution >= 4 is 17.2 Å². The van der Waals surface area contributed by atoms with Gasteiger partial charge in [0.05, 0.1) is 6.42 Å². The molecule has 3 rings (SSSR count). The van der Waals surface area contributed by atoms with Crippen LogP contribution in [0.15, 0.2) is 29.6 Å². The minimum absolute atomic E-state index is 0.127. The van der Waals surface area contributed by atoms with E-state index in [1.165, 1.54) is 24.4 Å². The molecule has 0 aliphatic heterocycles. The average molecular weight is 402 g/mol. The van der Waals surface area contributed by atoms with Gasteiger partial charge in [-0.3, -0.25) is 4.79 Å². The summed E-state index contributed by atoms with van der Waals surface area (Å²) in [5, 5.41) is 13.5. The molecule has 0 bridgehead atoms. The van der Waals surface area contributed by atoms with Crippen LogP contribution in [-0.2, 0) is 15.8 Å². The lowest BCUT2D eigenvalue weighted by Crippen LogP contribution is -2.47. The van der Waals surface area contributed by atoms with Gasteiger partial charge in [0.25, 0.3) is 0 Å². The van der Waals surface area contributed by atoms with Crippen LogP contribution in [0.5, 0.6) is 0 Å². The van der Waals surface area contributed by atoms with Crippen LogP contribution in [0.1, 0.15) is 35.5 Å². The smallest absolute Gasteiger partial charge is 0.374 e. The zero-order chi connectivity index (χ0) is 19.9. The summed E-state index contributed by atoms with van der Waals surface area (Å²) in [5.74, 6) is -1.30. The third-order valence-electron chi connectivity index (χ3n) is 4.79. The summed E-state index contributed by atoms with van der Waals surface area (Å²) in [5.41, 5.74) is -2.56. The molecule has 1 fully saturated rings. The number of benzene rings is 1. The number of halogens is 4. The Bertz CT molecular complexity index is 831. The molecule has 0 saturated heterocycles. The number of nitrogens with zero attached hydrogens (tertiary/aromatic N) is 1. The maximum Gasteiger partial charge on any atom is 0.424 e. The first kappa shape index (κ1) is 19.8. The fourth-order valence-electron chi connectivity index (χ4n) is 2.93. The Balaban J connectivity index is 1.69. The topological polar surface area (TPSA) is 62.2 Å². The minimum atomic E-state index is -5.04. The Morgan fingerprint density at radius 3 is 2.41 bits per heavy atom. The monoisotopic (exact) mass is 402 g/mol. The summed E-state index contributed by atoms with van der Waals surface area (Å²) in [6.07, 6.45) is -4.71. The molecule has 146 valence electrons. The highest BCUT2D eigenvalue weighted by atomic mass is 32.1. The summed E-state index contributed by atoms with van der Waals surface area (Å²) in [6.45, 7) is 1.64. The second-order valence-electron chi connectivity index (χ2n) is 6.89. The number of rotatable bonds is 6. The molecule has 27 heavy (non-hydrogen) atoms. The van der Waals surface area contributed by atoms with E-state index in [2.05, 4.69) is 10.3 Å². The number of aryl methyl sites for hydroxylation is 1. The van der Waals surface area contributed by atoms with Crippen LogP contribution in [-0.4, -0.2) is 28.7 Å². The zero-order valence-electron chi connectivity index (χ0n) is 14.4. The molecule has 1 atom stereocenters. The van der Waals surface area contributed by atoms with E-state index in [4.69, 9.17) is 0 Å². The molecular weight excluding hydrogens is 384 g/mol. The standard InChI is InChI=1S/C18H18F4N2O2S/c1-11-9-27-15(24-11)17(26,18(20,21)22)8-14(25)23-10-16(6-7-16)12-2-4-13(19)5-3-12/h2-5,9,26H,6-8,10H2,1H3,(H,23,25). The number of hydrogen-bond acceptors (Lipinski definition) is 4. The van der Waals surface area contributed by atoms with Crippen molar-refractivity contribution in [1.29, 1.82) is 0 Å². The van der Waals surface area contributed by atoms with E-state index in [1.54, 1.807) is 12.1 Å². The van der Waals surface area contributed by atoms with Gasteiger partial charge in [0.2, 0.25) is 11.5 Å². The number of aromatic nitrogens is 1. The lowest BCUT2D eigenvalue weighted by Gasteiger charge is -2.28. The number of aliphatic hydroxyl groups is 1. The summed E-state index contributed by atoms with van der Waals surface area (Å²) in [6, 6.07) is 5.84. The highest BCUT2D eigenvalue weighted by Gasteiger charge is 2.58. The maximum atomic E-state index is 13.5. The largest absolute Gasteiger partial charge is 0.424 e. The van der Waals surface area contributed by atoms with Crippen molar-refractivity contribution in [3.05, 3.63) is 51.7 Å². The lowest BCUT2D eigenvalue weighted by molar-refractivity contribution is -0.267. The van der Waals surface area contributed by atoms with Crippen molar-refractivity contribution in [3.8, 4) is 0 Å². The van der Waals surface area contributed by atoms with Gasteiger partial charge in [-0.2, -0.15) is 13.2 Å². The van der Waals surface area contributed by atoms with Gasteiger partial charge in [-0.25, -0.2) is 9.37 Å². The minimum Gasteiger partial charge on any atom is -0.374 e. The first-order valence-corrected chi connectivity index (χ1v) is 9.18. The number of alkyl halides is 3. The van der Waals surface area contributed by atoms with E-state index in [1.807, 2.05) is 0 Å². The molecule has 1 aromatic carbocycles. The molecule has 2 aromatic rings. The van der Waals surface area contributed by atoms with E-state index < -0.39 is 34.5 Å². The molecule has 1 aromatic heterocycles. The van der Waals surface area contributed by atoms with Crippen molar-refractivity contribution in [3.63, 3.8) is 0 Å². The van der Waals surface area contributed by atoms with E-state index in [0.717, 1.165) is 18.4 Å². The Labute approximate surface area is 157 Å². The number of thiazole rings is 1. The number of amides is 1. The highest BCUT2D eigenvalue weighted by molar-refractivity contribution is 7.09. The summed E-state index contributed by atoms with van der Waals surface area (Å²) in [4.78, 5) is 15.9. The van der Waals surface area contributed by atoms with Crippen molar-refractivity contribution in [2.24, 2.45) is 0 Å². The summed E-state index contributed by atoms with van der Waals surface area (Å²) >= 11 is 0.663. The van der Waals surface area contributed by atoms with Crippen LogP contribution >= 0.6 is 11.3 Å². The van der Waals surface area contributed by atoms with Crippen molar-refractivity contribution < 1.29 is 27.5 Å². The van der Waals surface area contributed by atoms with E-state index in [0.29, 0.717) is 17.0 Å². The Morgan fingerprint density at radius 1 is 1.30 bits per heavy atom. The Kier molecular flexibility index (Phi) is 5.02. The average Bonchev–Trinajstić information content (AvgIpc) is 3.25. The van der Waals surface area contributed by atoms with Gasteiger partial charge >= 0.3 is 6.18 Å². The van der Waals surface area contributed by atoms with Crippen LogP contribution in [0, 0.1) is 12.7 Å². The predicted molar refractivity (Wildman–Crippen MR) is 91.7 cm³/mol. The molecule has 0 radical (unpaired) electrons. The van der Waals surface area contributed by atoms with Crippen LogP contribution < -0.4 is 5.32 Å². The van der Waals surface area contributed by atoms with Gasteiger partial charge in [-0.1, -0.05) is 12.1 Å². The third-order valence-corrected chi connectivity index (χ3v) is 5.90. The molecule has 4 nitrogen and oxygen atoms in total. The first-order valence-electron chi connectivity index (χ1n) is 8.30. The molecule has 1 saturated carbocycles. The second kappa shape index (κ2) is 6.87. The number of carbonyl (C=O) groups excluding carboxylic acids is 1. The number of nitrogens with one attached hydrogen (secondary N) is 1. The molecule has 0 spiro atoms. The lowest BCUT2D eigenvalue weighted by atomic mass is 9.95. The highest BCUT2D eigenvalue weighted by Crippen LogP contribution is 2.48. The third kappa shape index (κ3) is 3.98. The van der Waals surface area contributed by atoms with E-state index >= 15 is 0 Å². The van der Waals surface area contributed by atoms with Gasteiger partial charge in [0.15, 0.2) is 0 Å². The fraction of sp³-hybridized carbons (Fsp3) is 0.444. The van der Waals surface area contributed by atoms with E-state index in [-0.39, 0.29) is 12.4 Å². The fourth-order valence-corrected chi connectivity index (χ4v) is 3.84. The number of carbonyl (C=O) groups is 1. The van der Waals surface area contributed by atoms with Crippen LogP contribution in [0.3, 0.4) is 0 Å². The van der Waals surface area contributed by atoms with Crippen molar-refractivity contribution in [1.82, 2.24) is 10.3 Å².